The van der Waals surface area contributed by atoms with Crippen LogP contribution >= 0.6 is 12.4 Å². The first-order chi connectivity index (χ1) is 7.47. The Hall–Kier alpha value is -0.370. The number of carbonyl (C=O) groups excluding carboxylic acids is 1. The van der Waals surface area contributed by atoms with Crippen LogP contribution in [0.2, 0.25) is 0 Å². The minimum atomic E-state index is -3.16. The SMILES string of the molecule is CS(=O)(=O)NCCNC(=O)CNCC1CC1.Cl. The van der Waals surface area contributed by atoms with Crippen LogP contribution in [0, 0.1) is 5.92 Å². The Bertz CT molecular complexity index is 330. The Balaban J connectivity index is 0.00000256. The average molecular weight is 286 g/mol. The monoisotopic (exact) mass is 285 g/mol. The maximum Gasteiger partial charge on any atom is 0.234 e. The first-order valence-corrected chi connectivity index (χ1v) is 7.28. The van der Waals surface area contributed by atoms with E-state index in [0.29, 0.717) is 13.1 Å². The van der Waals surface area contributed by atoms with E-state index in [-0.39, 0.29) is 24.9 Å². The number of hydrogen-bond donors (Lipinski definition) is 3. The van der Waals surface area contributed by atoms with Crippen molar-refractivity contribution in [1.82, 2.24) is 15.4 Å². The van der Waals surface area contributed by atoms with Crippen molar-refractivity contribution in [3.8, 4) is 0 Å². The molecule has 3 N–H and O–H groups in total. The summed E-state index contributed by atoms with van der Waals surface area (Å²) in [6.07, 6.45) is 3.60. The Morgan fingerprint density at radius 2 is 1.94 bits per heavy atom. The molecule has 8 heteroatoms. The summed E-state index contributed by atoms with van der Waals surface area (Å²) < 4.78 is 23.7. The predicted molar refractivity (Wildman–Crippen MR) is 68.7 cm³/mol. The van der Waals surface area contributed by atoms with Crippen molar-refractivity contribution in [1.29, 1.82) is 0 Å². The third kappa shape index (κ3) is 10.5. The smallest absolute Gasteiger partial charge is 0.234 e. The van der Waals surface area contributed by atoms with Crippen molar-refractivity contribution in [3.05, 3.63) is 0 Å². The zero-order chi connectivity index (χ0) is 12.0. The largest absolute Gasteiger partial charge is 0.354 e. The molecule has 1 aliphatic rings. The van der Waals surface area contributed by atoms with Gasteiger partial charge in [-0.3, -0.25) is 4.79 Å². The summed E-state index contributed by atoms with van der Waals surface area (Å²) in [5.74, 6) is 0.649. The van der Waals surface area contributed by atoms with Gasteiger partial charge in [-0.25, -0.2) is 13.1 Å². The van der Waals surface area contributed by atoms with Gasteiger partial charge in [-0.2, -0.15) is 0 Å². The van der Waals surface area contributed by atoms with Gasteiger partial charge in [-0.05, 0) is 25.3 Å². The van der Waals surface area contributed by atoms with E-state index in [1.807, 2.05) is 0 Å². The Kier molecular flexibility index (Phi) is 7.69. The molecule has 0 aromatic carbocycles. The van der Waals surface area contributed by atoms with Gasteiger partial charge in [0.1, 0.15) is 0 Å². The first kappa shape index (κ1) is 16.6. The molecule has 1 fully saturated rings. The summed E-state index contributed by atoms with van der Waals surface area (Å²) in [5, 5.41) is 5.67. The van der Waals surface area contributed by atoms with Gasteiger partial charge in [0, 0.05) is 13.1 Å². The summed E-state index contributed by atoms with van der Waals surface area (Å²) in [6, 6.07) is 0. The highest BCUT2D eigenvalue weighted by molar-refractivity contribution is 7.88. The van der Waals surface area contributed by atoms with Gasteiger partial charge in [0.25, 0.3) is 0 Å². The van der Waals surface area contributed by atoms with E-state index in [1.165, 1.54) is 12.8 Å². The molecular weight excluding hydrogens is 266 g/mol. The lowest BCUT2D eigenvalue weighted by Crippen LogP contribution is -2.39. The summed E-state index contributed by atoms with van der Waals surface area (Å²) in [7, 11) is -3.16. The van der Waals surface area contributed by atoms with Crippen LogP contribution in [0.5, 0.6) is 0 Å². The van der Waals surface area contributed by atoms with E-state index in [1.54, 1.807) is 0 Å². The minimum absolute atomic E-state index is 0. The van der Waals surface area contributed by atoms with Crippen LogP contribution in [0.4, 0.5) is 0 Å². The van der Waals surface area contributed by atoms with Gasteiger partial charge in [0.2, 0.25) is 15.9 Å². The van der Waals surface area contributed by atoms with Crippen molar-refractivity contribution < 1.29 is 13.2 Å². The summed E-state index contributed by atoms with van der Waals surface area (Å²) in [6.45, 7) is 1.74. The standard InChI is InChI=1S/C9H19N3O3S.ClH/c1-16(14,15)12-5-4-11-9(13)7-10-6-8-2-3-8;/h8,10,12H,2-7H2,1H3,(H,11,13);1H. The van der Waals surface area contributed by atoms with E-state index in [4.69, 9.17) is 0 Å². The normalized spacial score (nSPS) is 15.1. The van der Waals surface area contributed by atoms with Gasteiger partial charge in [0.15, 0.2) is 0 Å². The molecule has 0 aromatic rings. The second-order valence-corrected chi connectivity index (χ2v) is 5.92. The van der Waals surface area contributed by atoms with Crippen molar-refractivity contribution in [2.24, 2.45) is 5.92 Å². The van der Waals surface area contributed by atoms with Crippen LogP contribution in [0.15, 0.2) is 0 Å². The molecule has 0 bridgehead atoms. The van der Waals surface area contributed by atoms with Crippen LogP contribution in [0.25, 0.3) is 0 Å². The Morgan fingerprint density at radius 1 is 1.29 bits per heavy atom. The molecule has 0 atom stereocenters. The zero-order valence-corrected chi connectivity index (χ0v) is 11.5. The van der Waals surface area contributed by atoms with Crippen molar-refractivity contribution in [3.63, 3.8) is 0 Å². The maximum atomic E-state index is 11.2. The molecule has 0 aromatic heterocycles. The first-order valence-electron chi connectivity index (χ1n) is 5.39. The number of rotatable bonds is 8. The number of hydrogen-bond acceptors (Lipinski definition) is 4. The molecule has 1 amide bonds. The van der Waals surface area contributed by atoms with Crippen molar-refractivity contribution >= 4 is 28.3 Å². The number of halogens is 1. The molecule has 17 heavy (non-hydrogen) atoms. The van der Waals surface area contributed by atoms with Crippen LogP contribution in [-0.2, 0) is 14.8 Å². The highest BCUT2D eigenvalue weighted by atomic mass is 35.5. The number of nitrogens with one attached hydrogen (secondary N) is 3. The predicted octanol–water partition coefficient (Wildman–Crippen LogP) is -0.927. The fourth-order valence-corrected chi connectivity index (χ4v) is 1.69. The third-order valence-corrected chi connectivity index (χ3v) is 2.96. The molecule has 1 saturated carbocycles. The number of sulfonamides is 1. The van der Waals surface area contributed by atoms with Gasteiger partial charge in [-0.1, -0.05) is 0 Å². The fraction of sp³-hybridized carbons (Fsp3) is 0.889. The summed E-state index contributed by atoms with van der Waals surface area (Å²) >= 11 is 0. The molecular formula is C9H20ClN3O3S. The molecule has 1 rings (SSSR count). The average Bonchev–Trinajstić information content (AvgIpc) is 2.95. The third-order valence-electron chi connectivity index (χ3n) is 2.23. The molecule has 6 nitrogen and oxygen atoms in total. The van der Waals surface area contributed by atoms with Gasteiger partial charge in [-0.15, -0.1) is 12.4 Å². The van der Waals surface area contributed by atoms with Crippen LogP contribution in [0.3, 0.4) is 0 Å². The van der Waals surface area contributed by atoms with Crippen molar-refractivity contribution in [2.45, 2.75) is 12.8 Å². The quantitative estimate of drug-likeness (QED) is 0.503. The lowest BCUT2D eigenvalue weighted by Gasteiger charge is -2.06. The lowest BCUT2D eigenvalue weighted by molar-refractivity contribution is -0.120. The summed E-state index contributed by atoms with van der Waals surface area (Å²) in [4.78, 5) is 11.2. The fourth-order valence-electron chi connectivity index (χ4n) is 1.21. The van der Waals surface area contributed by atoms with Crippen molar-refractivity contribution in [2.75, 3.05) is 32.4 Å². The van der Waals surface area contributed by atoms with E-state index >= 15 is 0 Å². The molecule has 1 aliphatic carbocycles. The second kappa shape index (κ2) is 7.86. The van der Waals surface area contributed by atoms with Gasteiger partial charge in [0.05, 0.1) is 12.8 Å². The highest BCUT2D eigenvalue weighted by Crippen LogP contribution is 2.27. The second-order valence-electron chi connectivity index (χ2n) is 4.09. The zero-order valence-electron chi connectivity index (χ0n) is 9.86. The highest BCUT2D eigenvalue weighted by Gasteiger charge is 2.20. The summed E-state index contributed by atoms with van der Waals surface area (Å²) in [5.41, 5.74) is 0. The molecule has 102 valence electrons. The van der Waals surface area contributed by atoms with Crippen LogP contribution in [-0.4, -0.2) is 46.8 Å². The Morgan fingerprint density at radius 3 is 2.47 bits per heavy atom. The maximum absolute atomic E-state index is 11.2. The number of amides is 1. The van der Waals surface area contributed by atoms with Crippen LogP contribution in [0.1, 0.15) is 12.8 Å². The van der Waals surface area contributed by atoms with E-state index in [2.05, 4.69) is 15.4 Å². The molecule has 0 spiro atoms. The topological polar surface area (TPSA) is 87.3 Å². The van der Waals surface area contributed by atoms with Gasteiger partial charge >= 0.3 is 0 Å². The molecule has 0 unspecified atom stereocenters. The molecule has 0 heterocycles. The van der Waals surface area contributed by atoms with E-state index < -0.39 is 10.0 Å². The lowest BCUT2D eigenvalue weighted by atomic mass is 10.4. The molecule has 0 aliphatic heterocycles. The van der Waals surface area contributed by atoms with E-state index in [9.17, 15) is 13.2 Å². The molecule has 0 radical (unpaired) electrons. The van der Waals surface area contributed by atoms with Gasteiger partial charge < -0.3 is 10.6 Å². The Labute approximate surface area is 108 Å². The van der Waals surface area contributed by atoms with Crippen LogP contribution < -0.4 is 15.4 Å². The number of carbonyl (C=O) groups is 1. The molecule has 0 saturated heterocycles. The minimum Gasteiger partial charge on any atom is -0.354 e. The van der Waals surface area contributed by atoms with E-state index in [0.717, 1.165) is 18.7 Å².